The van der Waals surface area contributed by atoms with Gasteiger partial charge in [-0.2, -0.15) is 0 Å². The van der Waals surface area contributed by atoms with Crippen LogP contribution in [0.3, 0.4) is 0 Å². The molecule has 2 amide bonds. The number of carbonyl (C=O) groups excluding carboxylic acids is 3. The second-order valence-corrected chi connectivity index (χ2v) is 6.46. The van der Waals surface area contributed by atoms with E-state index in [1.807, 2.05) is 19.1 Å². The van der Waals surface area contributed by atoms with Crippen LogP contribution in [-0.2, 0) is 9.53 Å². The molecule has 126 valence electrons. The molecule has 0 radical (unpaired) electrons. The van der Waals surface area contributed by atoms with Crippen LogP contribution in [0.1, 0.15) is 21.5 Å². The Bertz CT molecular complexity index is 887. The number of anilines is 1. The van der Waals surface area contributed by atoms with Crippen LogP contribution in [0.5, 0.6) is 0 Å². The number of amides is 2. The molecule has 0 atom stereocenters. The molecule has 0 aromatic heterocycles. The largest absolute Gasteiger partial charge is 0.465 e. The summed E-state index contributed by atoms with van der Waals surface area (Å²) >= 11 is 0.899. The number of ether oxygens (including phenoxy) is 1. The highest BCUT2D eigenvalue weighted by Gasteiger charge is 2.36. The summed E-state index contributed by atoms with van der Waals surface area (Å²) in [6.07, 6.45) is 1.64. The minimum absolute atomic E-state index is 0.326. The third-order valence-electron chi connectivity index (χ3n) is 3.68. The van der Waals surface area contributed by atoms with Crippen molar-refractivity contribution >= 4 is 40.6 Å². The first-order valence-electron chi connectivity index (χ1n) is 7.52. The molecule has 6 heteroatoms. The zero-order valence-electron chi connectivity index (χ0n) is 13.7. The van der Waals surface area contributed by atoms with Gasteiger partial charge in [-0.3, -0.25) is 9.59 Å². The molecule has 1 aliphatic rings. The van der Waals surface area contributed by atoms with Gasteiger partial charge in [0.2, 0.25) is 0 Å². The summed E-state index contributed by atoms with van der Waals surface area (Å²) in [4.78, 5) is 37.8. The zero-order chi connectivity index (χ0) is 18.0. The Hall–Kier alpha value is -2.86. The molecule has 0 N–H and O–H groups in total. The van der Waals surface area contributed by atoms with Crippen LogP contribution in [-0.4, -0.2) is 24.2 Å². The lowest BCUT2D eigenvalue weighted by Crippen LogP contribution is -2.27. The predicted octanol–water partition coefficient (Wildman–Crippen LogP) is 4.02. The van der Waals surface area contributed by atoms with Gasteiger partial charge >= 0.3 is 5.97 Å². The lowest BCUT2D eigenvalue weighted by molar-refractivity contribution is -0.113. The summed E-state index contributed by atoms with van der Waals surface area (Å²) < 4.78 is 4.65. The van der Waals surface area contributed by atoms with E-state index in [1.54, 1.807) is 42.5 Å². The van der Waals surface area contributed by atoms with Gasteiger partial charge in [-0.1, -0.05) is 24.3 Å². The number of hydrogen-bond acceptors (Lipinski definition) is 5. The number of esters is 1. The number of hydrogen-bond donors (Lipinski definition) is 0. The van der Waals surface area contributed by atoms with E-state index < -0.39 is 5.97 Å². The van der Waals surface area contributed by atoms with Crippen molar-refractivity contribution < 1.29 is 19.1 Å². The molecule has 0 unspecified atom stereocenters. The molecule has 0 bridgehead atoms. The van der Waals surface area contributed by atoms with Crippen molar-refractivity contribution in [2.75, 3.05) is 12.0 Å². The molecule has 25 heavy (non-hydrogen) atoms. The van der Waals surface area contributed by atoms with Crippen LogP contribution in [0.4, 0.5) is 10.5 Å². The molecular weight excluding hydrogens is 338 g/mol. The van der Waals surface area contributed by atoms with Crippen molar-refractivity contribution in [3.05, 3.63) is 70.1 Å². The van der Waals surface area contributed by atoms with Gasteiger partial charge in [0.25, 0.3) is 11.1 Å². The topological polar surface area (TPSA) is 63.7 Å². The molecule has 0 saturated carbocycles. The third kappa shape index (κ3) is 3.49. The molecular formula is C19H15NO4S. The molecule has 5 nitrogen and oxygen atoms in total. The maximum absolute atomic E-state index is 12.6. The van der Waals surface area contributed by atoms with E-state index >= 15 is 0 Å². The van der Waals surface area contributed by atoms with E-state index in [4.69, 9.17) is 0 Å². The molecule has 1 aliphatic heterocycles. The van der Waals surface area contributed by atoms with Crippen LogP contribution in [0.25, 0.3) is 6.08 Å². The van der Waals surface area contributed by atoms with Crippen LogP contribution in [0.2, 0.25) is 0 Å². The van der Waals surface area contributed by atoms with Gasteiger partial charge in [0.05, 0.1) is 23.3 Å². The summed E-state index contributed by atoms with van der Waals surface area (Å²) in [6.45, 7) is 1.90. The Morgan fingerprint density at radius 1 is 1.12 bits per heavy atom. The fourth-order valence-corrected chi connectivity index (χ4v) is 3.28. The number of imide groups is 1. The molecule has 2 aromatic rings. The number of benzene rings is 2. The smallest absolute Gasteiger partial charge is 0.337 e. The lowest BCUT2D eigenvalue weighted by atomic mass is 10.1. The van der Waals surface area contributed by atoms with E-state index in [9.17, 15) is 14.4 Å². The van der Waals surface area contributed by atoms with Gasteiger partial charge in [-0.25, -0.2) is 9.69 Å². The van der Waals surface area contributed by atoms with Crippen LogP contribution in [0, 0.1) is 6.92 Å². The SMILES string of the molecule is COC(=O)c1ccc(/C=C2\SC(=O)N(c3cccc(C)c3)C2=O)cc1. The molecule has 1 heterocycles. The summed E-state index contributed by atoms with van der Waals surface area (Å²) in [7, 11) is 1.32. The summed E-state index contributed by atoms with van der Waals surface area (Å²) in [6, 6.07) is 13.9. The highest BCUT2D eigenvalue weighted by atomic mass is 32.2. The monoisotopic (exact) mass is 353 g/mol. The first kappa shape index (κ1) is 17.0. The van der Waals surface area contributed by atoms with Gasteiger partial charge in [-0.05, 0) is 60.2 Å². The minimum atomic E-state index is -0.425. The van der Waals surface area contributed by atoms with Crippen molar-refractivity contribution in [1.82, 2.24) is 0 Å². The van der Waals surface area contributed by atoms with Gasteiger partial charge < -0.3 is 4.74 Å². The van der Waals surface area contributed by atoms with Gasteiger partial charge in [0.1, 0.15) is 0 Å². The molecule has 1 saturated heterocycles. The van der Waals surface area contributed by atoms with E-state index in [0.717, 1.165) is 22.9 Å². The summed E-state index contributed by atoms with van der Waals surface area (Å²) in [5, 5.41) is -0.326. The van der Waals surface area contributed by atoms with E-state index in [0.29, 0.717) is 16.2 Å². The summed E-state index contributed by atoms with van der Waals surface area (Å²) in [5.74, 6) is -0.774. The highest BCUT2D eigenvalue weighted by molar-refractivity contribution is 8.19. The number of nitrogens with zero attached hydrogens (tertiary/aromatic N) is 1. The highest BCUT2D eigenvalue weighted by Crippen LogP contribution is 2.35. The normalized spacial score (nSPS) is 15.8. The second kappa shape index (κ2) is 6.94. The Kier molecular flexibility index (Phi) is 4.72. The standard InChI is InChI=1S/C19H15NO4S/c1-12-4-3-5-15(10-12)20-17(21)16(25-19(20)23)11-13-6-8-14(9-7-13)18(22)24-2/h3-11H,1-2H3/b16-11-. The van der Waals surface area contributed by atoms with Crippen molar-refractivity contribution in [3.8, 4) is 0 Å². The Morgan fingerprint density at radius 2 is 1.84 bits per heavy atom. The van der Waals surface area contributed by atoms with Gasteiger partial charge in [-0.15, -0.1) is 0 Å². The maximum atomic E-state index is 12.6. The molecule has 1 fully saturated rings. The van der Waals surface area contributed by atoms with E-state index in [1.165, 1.54) is 12.0 Å². The predicted molar refractivity (Wildman–Crippen MR) is 97.4 cm³/mol. The molecule has 0 spiro atoms. The van der Waals surface area contributed by atoms with Crippen molar-refractivity contribution in [1.29, 1.82) is 0 Å². The van der Waals surface area contributed by atoms with Crippen LogP contribution >= 0.6 is 11.8 Å². The number of rotatable bonds is 3. The van der Waals surface area contributed by atoms with Crippen molar-refractivity contribution in [3.63, 3.8) is 0 Å². The summed E-state index contributed by atoms with van der Waals surface area (Å²) in [5.41, 5.74) is 2.68. The zero-order valence-corrected chi connectivity index (χ0v) is 14.5. The van der Waals surface area contributed by atoms with Gasteiger partial charge in [0.15, 0.2) is 0 Å². The van der Waals surface area contributed by atoms with Crippen molar-refractivity contribution in [2.45, 2.75) is 6.92 Å². The number of thioether (sulfide) groups is 1. The number of carbonyl (C=O) groups is 3. The lowest BCUT2D eigenvalue weighted by Gasteiger charge is -2.12. The average Bonchev–Trinajstić information content (AvgIpc) is 2.88. The Balaban J connectivity index is 1.86. The van der Waals surface area contributed by atoms with E-state index in [2.05, 4.69) is 4.74 Å². The van der Waals surface area contributed by atoms with Crippen LogP contribution in [0.15, 0.2) is 53.4 Å². The van der Waals surface area contributed by atoms with E-state index in [-0.39, 0.29) is 11.1 Å². The number of aryl methyl sites for hydroxylation is 1. The average molecular weight is 353 g/mol. The maximum Gasteiger partial charge on any atom is 0.337 e. The number of methoxy groups -OCH3 is 1. The first-order chi connectivity index (χ1) is 12.0. The Labute approximate surface area is 149 Å². The molecule has 2 aromatic carbocycles. The fraction of sp³-hybridized carbons (Fsp3) is 0.105. The minimum Gasteiger partial charge on any atom is -0.465 e. The molecule has 3 rings (SSSR count). The van der Waals surface area contributed by atoms with Gasteiger partial charge in [0, 0.05) is 0 Å². The van der Waals surface area contributed by atoms with Crippen LogP contribution < -0.4 is 4.90 Å². The first-order valence-corrected chi connectivity index (χ1v) is 8.34. The van der Waals surface area contributed by atoms with Crippen molar-refractivity contribution in [2.24, 2.45) is 0 Å². The fourth-order valence-electron chi connectivity index (χ4n) is 2.44. The molecule has 0 aliphatic carbocycles. The third-order valence-corrected chi connectivity index (χ3v) is 4.55. The second-order valence-electron chi connectivity index (χ2n) is 5.47. The quantitative estimate of drug-likeness (QED) is 0.616. The Morgan fingerprint density at radius 3 is 2.48 bits per heavy atom.